The summed E-state index contributed by atoms with van der Waals surface area (Å²) in [6.45, 7) is 6.25. The third kappa shape index (κ3) is 4.09. The van der Waals surface area contributed by atoms with Crippen molar-refractivity contribution >= 4 is 46.1 Å². The van der Waals surface area contributed by atoms with Gasteiger partial charge in [-0.15, -0.1) is 0 Å². The molecular weight excluding hydrogens is 469 g/mol. The Hall–Kier alpha value is -2.22. The largest absolute Gasteiger partial charge is 0.495 e. The second-order valence-corrected chi connectivity index (χ2v) is 9.44. The molecule has 0 amide bonds. The van der Waals surface area contributed by atoms with E-state index >= 15 is 0 Å². The van der Waals surface area contributed by atoms with Gasteiger partial charge in [0, 0.05) is 11.9 Å². The molecule has 0 radical (unpaired) electrons. The normalized spacial score (nSPS) is 20.0. The molecule has 2 aliphatic rings. The molecule has 1 aromatic heterocycles. The summed E-state index contributed by atoms with van der Waals surface area (Å²) in [5.74, 6) is 0.335. The molecule has 2 unspecified atom stereocenters. The highest BCUT2D eigenvalue weighted by Gasteiger charge is 2.47. The highest BCUT2D eigenvalue weighted by Crippen LogP contribution is 2.53. The minimum absolute atomic E-state index is 0.0772. The van der Waals surface area contributed by atoms with Crippen LogP contribution < -0.4 is 4.74 Å². The van der Waals surface area contributed by atoms with Gasteiger partial charge in [0.15, 0.2) is 5.17 Å². The number of nitrogens with zero attached hydrogens (tertiary/aromatic N) is 3. The Morgan fingerprint density at radius 1 is 1.22 bits per heavy atom. The number of rotatable bonds is 6. The molecule has 32 heavy (non-hydrogen) atoms. The number of carbonyl (C=O) groups is 1. The van der Waals surface area contributed by atoms with Crippen molar-refractivity contribution in [2.75, 3.05) is 13.7 Å². The lowest BCUT2D eigenvalue weighted by Crippen LogP contribution is -2.29. The van der Waals surface area contributed by atoms with Crippen LogP contribution in [-0.2, 0) is 9.53 Å². The Kier molecular flexibility index (Phi) is 6.70. The van der Waals surface area contributed by atoms with Crippen molar-refractivity contribution in [2.24, 2.45) is 10.9 Å². The highest BCUT2D eigenvalue weighted by molar-refractivity contribution is 8.18. The van der Waals surface area contributed by atoms with Gasteiger partial charge in [0.2, 0.25) is 0 Å². The molecule has 0 saturated carbocycles. The van der Waals surface area contributed by atoms with E-state index in [0.29, 0.717) is 27.4 Å². The van der Waals surface area contributed by atoms with Gasteiger partial charge >= 0.3 is 5.97 Å². The number of thioether (sulfide) groups is 1. The molecule has 0 bridgehead atoms. The zero-order chi connectivity index (χ0) is 23.0. The Bertz CT molecular complexity index is 1100. The van der Waals surface area contributed by atoms with Gasteiger partial charge < -0.3 is 14.4 Å². The fourth-order valence-corrected chi connectivity index (χ4v) is 5.53. The van der Waals surface area contributed by atoms with Crippen LogP contribution in [0.5, 0.6) is 5.75 Å². The molecule has 3 heterocycles. The summed E-state index contributed by atoms with van der Waals surface area (Å²) in [5, 5.41) is 1.71. The third-order valence-corrected chi connectivity index (χ3v) is 6.93. The van der Waals surface area contributed by atoms with Crippen LogP contribution in [0.1, 0.15) is 44.0 Å². The fourth-order valence-electron chi connectivity index (χ4n) is 3.99. The molecule has 0 aliphatic carbocycles. The Balaban J connectivity index is 1.86. The summed E-state index contributed by atoms with van der Waals surface area (Å²) in [6, 6.07) is 8.95. The van der Waals surface area contributed by atoms with Crippen LogP contribution in [0.25, 0.3) is 0 Å². The number of pyridine rings is 1. The lowest BCUT2D eigenvalue weighted by Gasteiger charge is -2.31. The zero-order valence-corrected chi connectivity index (χ0v) is 20.5. The van der Waals surface area contributed by atoms with Crippen molar-refractivity contribution < 1.29 is 14.3 Å². The van der Waals surface area contributed by atoms with Gasteiger partial charge in [-0.3, -0.25) is 4.99 Å². The number of aromatic nitrogens is 1. The fraction of sp³-hybridized carbons (Fsp3) is 0.348. The van der Waals surface area contributed by atoms with Crippen molar-refractivity contribution in [1.29, 1.82) is 0 Å². The van der Waals surface area contributed by atoms with Crippen LogP contribution in [0.15, 0.2) is 52.1 Å². The van der Waals surface area contributed by atoms with Crippen molar-refractivity contribution in [3.63, 3.8) is 0 Å². The second kappa shape index (κ2) is 9.33. The molecule has 2 aromatic rings. The van der Waals surface area contributed by atoms with E-state index in [1.165, 1.54) is 11.8 Å². The van der Waals surface area contributed by atoms with Crippen LogP contribution in [-0.4, -0.2) is 34.7 Å². The minimum Gasteiger partial charge on any atom is -0.495 e. The number of aliphatic imine (C=N–C) groups is 1. The Labute approximate surface area is 201 Å². The number of halogens is 2. The minimum atomic E-state index is -0.324. The summed E-state index contributed by atoms with van der Waals surface area (Å²) >= 11 is 13.7. The Morgan fingerprint density at radius 2 is 1.97 bits per heavy atom. The standard InChI is InChI=1S/C23H23Cl2N3O3S/c1-5-31-22(29)21-19(12(2)3)28-20(13-6-8-15(24)16(10-13)30-4)18(27-23(28)32-21)14-7-9-17(25)26-11-14/h6-12,18,20H,5H2,1-4H3. The number of carbonyl (C=O) groups excluding carboxylic acids is 1. The smallest absolute Gasteiger partial charge is 0.346 e. The van der Waals surface area contributed by atoms with E-state index in [4.69, 9.17) is 37.7 Å². The lowest BCUT2D eigenvalue weighted by atomic mass is 9.93. The van der Waals surface area contributed by atoms with Crippen LogP contribution in [0.3, 0.4) is 0 Å². The number of hydrogen-bond acceptors (Lipinski definition) is 7. The van der Waals surface area contributed by atoms with Gasteiger partial charge in [-0.05, 0) is 53.9 Å². The molecule has 4 rings (SSSR count). The number of fused-ring (bicyclic) bond motifs is 1. The van der Waals surface area contributed by atoms with E-state index in [0.717, 1.165) is 22.0 Å². The molecular formula is C23H23Cl2N3O3S. The number of amidine groups is 1. The molecule has 9 heteroatoms. The van der Waals surface area contributed by atoms with Crippen molar-refractivity contribution in [3.05, 3.63) is 68.4 Å². The first-order valence-electron chi connectivity index (χ1n) is 10.3. The number of benzene rings is 1. The molecule has 2 aliphatic heterocycles. The molecule has 1 aromatic carbocycles. The molecule has 168 valence electrons. The van der Waals surface area contributed by atoms with Crippen molar-refractivity contribution in [3.8, 4) is 5.75 Å². The summed E-state index contributed by atoms with van der Waals surface area (Å²) in [5.41, 5.74) is 2.79. The average Bonchev–Trinajstić information content (AvgIpc) is 3.31. The second-order valence-electron chi connectivity index (χ2n) is 7.67. The maximum atomic E-state index is 12.7. The molecule has 0 N–H and O–H groups in total. The summed E-state index contributed by atoms with van der Waals surface area (Å²) < 4.78 is 10.8. The van der Waals surface area contributed by atoms with Crippen molar-refractivity contribution in [1.82, 2.24) is 9.88 Å². The topological polar surface area (TPSA) is 64.0 Å². The Morgan fingerprint density at radius 3 is 2.59 bits per heavy atom. The first-order valence-corrected chi connectivity index (χ1v) is 11.8. The predicted octanol–water partition coefficient (Wildman–Crippen LogP) is 6.03. The quantitative estimate of drug-likeness (QED) is 0.363. The summed E-state index contributed by atoms with van der Waals surface area (Å²) in [4.78, 5) is 24.7. The van der Waals surface area contributed by atoms with Gasteiger partial charge in [0.05, 0.1) is 24.8 Å². The average molecular weight is 492 g/mol. The maximum Gasteiger partial charge on any atom is 0.346 e. The number of esters is 1. The van der Waals surface area contributed by atoms with E-state index < -0.39 is 0 Å². The van der Waals surface area contributed by atoms with E-state index in [2.05, 4.69) is 23.7 Å². The van der Waals surface area contributed by atoms with Crippen LogP contribution >= 0.6 is 35.0 Å². The molecule has 0 saturated heterocycles. The first kappa shape index (κ1) is 23.0. The van der Waals surface area contributed by atoms with E-state index in [9.17, 15) is 4.79 Å². The number of allylic oxidation sites excluding steroid dienone is 1. The van der Waals surface area contributed by atoms with E-state index in [1.54, 1.807) is 26.3 Å². The van der Waals surface area contributed by atoms with Crippen LogP contribution in [0, 0.1) is 5.92 Å². The zero-order valence-electron chi connectivity index (χ0n) is 18.1. The van der Waals surface area contributed by atoms with E-state index in [1.807, 2.05) is 24.3 Å². The van der Waals surface area contributed by atoms with Gasteiger partial charge in [-0.2, -0.15) is 0 Å². The van der Waals surface area contributed by atoms with Gasteiger partial charge in [0.25, 0.3) is 0 Å². The number of ether oxygens (including phenoxy) is 2. The predicted molar refractivity (Wildman–Crippen MR) is 128 cm³/mol. The first-order chi connectivity index (χ1) is 15.3. The van der Waals surface area contributed by atoms with Crippen molar-refractivity contribution in [2.45, 2.75) is 32.9 Å². The lowest BCUT2D eigenvalue weighted by molar-refractivity contribution is -0.137. The summed E-state index contributed by atoms with van der Waals surface area (Å²) in [7, 11) is 1.59. The molecule has 2 atom stereocenters. The van der Waals surface area contributed by atoms with Gasteiger partial charge in [-0.1, -0.05) is 49.2 Å². The van der Waals surface area contributed by atoms with Gasteiger partial charge in [-0.25, -0.2) is 9.78 Å². The highest BCUT2D eigenvalue weighted by atomic mass is 35.5. The van der Waals surface area contributed by atoms with Gasteiger partial charge in [0.1, 0.15) is 21.8 Å². The number of methoxy groups -OCH3 is 1. The maximum absolute atomic E-state index is 12.7. The third-order valence-electron chi connectivity index (χ3n) is 5.33. The number of hydrogen-bond donors (Lipinski definition) is 0. The van der Waals surface area contributed by atoms with E-state index in [-0.39, 0.29) is 24.0 Å². The molecule has 0 fully saturated rings. The monoisotopic (exact) mass is 491 g/mol. The van der Waals surface area contributed by atoms with Crippen LogP contribution in [0.2, 0.25) is 10.2 Å². The molecule has 6 nitrogen and oxygen atoms in total. The summed E-state index contributed by atoms with van der Waals surface area (Å²) in [6.07, 6.45) is 1.75. The molecule has 0 spiro atoms. The van der Waals surface area contributed by atoms with Crippen LogP contribution in [0.4, 0.5) is 0 Å². The SMILES string of the molecule is CCOC(=O)C1=C(C(C)C)N2C(=NC(c3ccc(Cl)nc3)C2c2ccc(Cl)c(OC)c2)S1.